The van der Waals surface area contributed by atoms with Gasteiger partial charge in [0.1, 0.15) is 11.5 Å². The van der Waals surface area contributed by atoms with Gasteiger partial charge in [-0.05, 0) is 24.3 Å². The van der Waals surface area contributed by atoms with Gasteiger partial charge in [-0.15, -0.1) is 0 Å². The van der Waals surface area contributed by atoms with Gasteiger partial charge in [0.15, 0.2) is 11.5 Å². The Labute approximate surface area is 154 Å². The fraction of sp³-hybridized carbons (Fsp3) is 0.333. The van der Waals surface area contributed by atoms with E-state index in [9.17, 15) is 8.42 Å². The SMILES string of the molecule is COc1ccc(S(=O)(=O)N(C)Cc2c(OC)cccc2OC)cc1OC. The van der Waals surface area contributed by atoms with Crippen LogP contribution in [0, 0.1) is 0 Å². The van der Waals surface area contributed by atoms with Crippen LogP contribution in [0.3, 0.4) is 0 Å². The van der Waals surface area contributed by atoms with Crippen LogP contribution in [-0.2, 0) is 16.6 Å². The summed E-state index contributed by atoms with van der Waals surface area (Å²) in [5.74, 6) is 1.91. The molecule has 7 nitrogen and oxygen atoms in total. The van der Waals surface area contributed by atoms with E-state index in [1.807, 2.05) is 0 Å². The molecule has 0 N–H and O–H groups in total. The molecule has 0 aliphatic heterocycles. The third-order valence-corrected chi connectivity index (χ3v) is 5.77. The van der Waals surface area contributed by atoms with Crippen molar-refractivity contribution in [1.82, 2.24) is 4.31 Å². The molecule has 0 aromatic heterocycles. The molecular weight excluding hydrogens is 358 g/mol. The minimum atomic E-state index is -3.76. The highest BCUT2D eigenvalue weighted by Gasteiger charge is 2.25. The first-order valence-corrected chi connectivity index (χ1v) is 9.21. The molecule has 0 spiro atoms. The zero-order valence-corrected chi connectivity index (χ0v) is 16.3. The molecule has 26 heavy (non-hydrogen) atoms. The topological polar surface area (TPSA) is 74.3 Å². The van der Waals surface area contributed by atoms with Crippen molar-refractivity contribution in [2.45, 2.75) is 11.4 Å². The van der Waals surface area contributed by atoms with Crippen LogP contribution in [-0.4, -0.2) is 48.2 Å². The molecule has 2 aromatic rings. The third-order valence-electron chi connectivity index (χ3n) is 3.97. The summed E-state index contributed by atoms with van der Waals surface area (Å²) in [7, 11) is 3.75. The molecular formula is C18H23NO6S. The van der Waals surface area contributed by atoms with Crippen LogP contribution in [0.15, 0.2) is 41.3 Å². The van der Waals surface area contributed by atoms with Gasteiger partial charge in [0.25, 0.3) is 0 Å². The van der Waals surface area contributed by atoms with Gasteiger partial charge >= 0.3 is 0 Å². The second kappa shape index (κ2) is 8.29. The van der Waals surface area contributed by atoms with Crippen LogP contribution in [0.5, 0.6) is 23.0 Å². The first kappa shape index (κ1) is 19.9. The molecule has 0 saturated carbocycles. The second-order valence-electron chi connectivity index (χ2n) is 5.42. The highest BCUT2D eigenvalue weighted by atomic mass is 32.2. The molecule has 8 heteroatoms. The van der Waals surface area contributed by atoms with Gasteiger partial charge in [-0.3, -0.25) is 0 Å². The van der Waals surface area contributed by atoms with Crippen molar-refractivity contribution < 1.29 is 27.4 Å². The summed E-state index contributed by atoms with van der Waals surface area (Å²) >= 11 is 0. The Hall–Kier alpha value is -2.45. The molecule has 0 saturated heterocycles. The Morgan fingerprint density at radius 1 is 0.808 bits per heavy atom. The number of benzene rings is 2. The number of nitrogens with zero attached hydrogens (tertiary/aromatic N) is 1. The predicted octanol–water partition coefficient (Wildman–Crippen LogP) is 2.54. The van der Waals surface area contributed by atoms with E-state index in [4.69, 9.17) is 18.9 Å². The smallest absolute Gasteiger partial charge is 0.243 e. The summed E-state index contributed by atoms with van der Waals surface area (Å²) in [6.07, 6.45) is 0. The van der Waals surface area contributed by atoms with Crippen molar-refractivity contribution in [3.8, 4) is 23.0 Å². The van der Waals surface area contributed by atoms with E-state index >= 15 is 0 Å². The van der Waals surface area contributed by atoms with Gasteiger partial charge in [-0.1, -0.05) is 6.07 Å². The lowest BCUT2D eigenvalue weighted by Gasteiger charge is -2.21. The summed E-state index contributed by atoms with van der Waals surface area (Å²) in [5, 5.41) is 0. The largest absolute Gasteiger partial charge is 0.496 e. The quantitative estimate of drug-likeness (QED) is 0.700. The monoisotopic (exact) mass is 381 g/mol. The summed E-state index contributed by atoms with van der Waals surface area (Å²) < 4.78 is 48.2. The zero-order chi connectivity index (χ0) is 19.3. The molecule has 0 bridgehead atoms. The fourth-order valence-corrected chi connectivity index (χ4v) is 3.70. The fourth-order valence-electron chi connectivity index (χ4n) is 2.55. The first-order valence-electron chi connectivity index (χ1n) is 7.77. The summed E-state index contributed by atoms with van der Waals surface area (Å²) in [4.78, 5) is 0.103. The summed E-state index contributed by atoms with van der Waals surface area (Å²) in [6, 6.07) is 9.77. The average Bonchev–Trinajstić information content (AvgIpc) is 2.67. The Balaban J connectivity index is 2.39. The van der Waals surface area contributed by atoms with Crippen LogP contribution in [0.4, 0.5) is 0 Å². The van der Waals surface area contributed by atoms with Crippen LogP contribution in [0.2, 0.25) is 0 Å². The number of rotatable bonds is 8. The van der Waals surface area contributed by atoms with Gasteiger partial charge in [0.2, 0.25) is 10.0 Å². The number of hydrogen-bond donors (Lipinski definition) is 0. The maximum atomic E-state index is 13.0. The molecule has 142 valence electrons. The van der Waals surface area contributed by atoms with Crippen molar-refractivity contribution >= 4 is 10.0 Å². The molecule has 0 heterocycles. The Kier molecular flexibility index (Phi) is 6.33. The number of sulfonamides is 1. The minimum absolute atomic E-state index is 0.0872. The zero-order valence-electron chi connectivity index (χ0n) is 15.5. The van der Waals surface area contributed by atoms with Crippen molar-refractivity contribution in [2.24, 2.45) is 0 Å². The molecule has 2 rings (SSSR count). The maximum Gasteiger partial charge on any atom is 0.243 e. The predicted molar refractivity (Wildman–Crippen MR) is 97.7 cm³/mol. The van der Waals surface area contributed by atoms with Gasteiger partial charge in [-0.2, -0.15) is 4.31 Å². The van der Waals surface area contributed by atoms with E-state index in [1.165, 1.54) is 51.9 Å². The Bertz CT molecular complexity index is 844. The van der Waals surface area contributed by atoms with E-state index < -0.39 is 10.0 Å². The molecule has 0 amide bonds. The Morgan fingerprint density at radius 3 is 1.85 bits per heavy atom. The third kappa shape index (κ3) is 3.86. The van der Waals surface area contributed by atoms with Crippen LogP contribution in [0.25, 0.3) is 0 Å². The molecule has 0 unspecified atom stereocenters. The number of hydrogen-bond acceptors (Lipinski definition) is 6. The lowest BCUT2D eigenvalue weighted by atomic mass is 10.1. The standard InChI is InChI=1S/C18H23NO6S/c1-19(12-14-15(22-2)7-6-8-16(14)23-3)26(20,21)13-9-10-17(24-4)18(11-13)25-5/h6-11H,12H2,1-5H3. The highest BCUT2D eigenvalue weighted by molar-refractivity contribution is 7.89. The van der Waals surface area contributed by atoms with E-state index in [2.05, 4.69) is 0 Å². The molecule has 0 aliphatic rings. The molecule has 0 fully saturated rings. The summed E-state index contributed by atoms with van der Waals surface area (Å²) in [6.45, 7) is 0.0872. The van der Waals surface area contributed by atoms with E-state index in [0.717, 1.165) is 0 Å². The molecule has 0 aliphatic carbocycles. The van der Waals surface area contributed by atoms with Crippen molar-refractivity contribution in [3.05, 3.63) is 42.0 Å². The van der Waals surface area contributed by atoms with Gasteiger partial charge in [-0.25, -0.2) is 8.42 Å². The lowest BCUT2D eigenvalue weighted by Crippen LogP contribution is -2.27. The van der Waals surface area contributed by atoms with Crippen molar-refractivity contribution in [2.75, 3.05) is 35.5 Å². The lowest BCUT2D eigenvalue weighted by molar-refractivity contribution is 0.353. The van der Waals surface area contributed by atoms with Gasteiger partial charge in [0.05, 0.1) is 38.9 Å². The van der Waals surface area contributed by atoms with Crippen LogP contribution < -0.4 is 18.9 Å². The molecule has 2 aromatic carbocycles. The molecule has 0 atom stereocenters. The van der Waals surface area contributed by atoms with E-state index in [-0.39, 0.29) is 11.4 Å². The van der Waals surface area contributed by atoms with Crippen molar-refractivity contribution in [3.63, 3.8) is 0 Å². The van der Waals surface area contributed by atoms with Crippen LogP contribution in [0.1, 0.15) is 5.56 Å². The van der Waals surface area contributed by atoms with E-state index in [1.54, 1.807) is 24.3 Å². The minimum Gasteiger partial charge on any atom is -0.496 e. The molecule has 0 radical (unpaired) electrons. The first-order chi connectivity index (χ1) is 12.4. The number of methoxy groups -OCH3 is 4. The van der Waals surface area contributed by atoms with Gasteiger partial charge in [0, 0.05) is 19.7 Å². The van der Waals surface area contributed by atoms with Crippen molar-refractivity contribution in [1.29, 1.82) is 0 Å². The Morgan fingerprint density at radius 2 is 1.35 bits per heavy atom. The maximum absolute atomic E-state index is 13.0. The van der Waals surface area contributed by atoms with Crippen LogP contribution >= 0.6 is 0 Å². The number of ether oxygens (including phenoxy) is 4. The van der Waals surface area contributed by atoms with E-state index in [0.29, 0.717) is 28.6 Å². The summed E-state index contributed by atoms with van der Waals surface area (Å²) in [5.41, 5.74) is 0.643. The highest BCUT2D eigenvalue weighted by Crippen LogP contribution is 2.33. The normalized spacial score (nSPS) is 11.3. The van der Waals surface area contributed by atoms with Gasteiger partial charge < -0.3 is 18.9 Å². The second-order valence-corrected chi connectivity index (χ2v) is 7.46. The average molecular weight is 381 g/mol.